The van der Waals surface area contributed by atoms with E-state index in [0.29, 0.717) is 28.3 Å². The summed E-state index contributed by atoms with van der Waals surface area (Å²) in [5, 5.41) is 0.783. The molecule has 5 heteroatoms. The van der Waals surface area contributed by atoms with E-state index in [2.05, 4.69) is 6.58 Å². The molecular formula is C21H19NO4. The van der Waals surface area contributed by atoms with Crippen molar-refractivity contribution in [1.82, 2.24) is 4.98 Å². The van der Waals surface area contributed by atoms with Crippen LogP contribution in [0, 0.1) is 0 Å². The van der Waals surface area contributed by atoms with Crippen LogP contribution in [0.5, 0.6) is 17.2 Å². The topological polar surface area (TPSA) is 57.7 Å². The van der Waals surface area contributed by atoms with Gasteiger partial charge in [0.2, 0.25) is 0 Å². The molecule has 5 nitrogen and oxygen atoms in total. The average Bonchev–Trinajstić information content (AvgIpc) is 2.71. The number of aromatic nitrogens is 1. The van der Waals surface area contributed by atoms with E-state index in [0.717, 1.165) is 16.6 Å². The number of hydrogen-bond acceptors (Lipinski definition) is 5. The standard InChI is InChI=1S/C21H19NO4/c1-5-17(23)14-8-6-7-13(11-14)16-10-9-15-20(22-16)18(24-2)12-19(25-3)21(15)26-4/h5-12H,1H2,2-4H3. The molecule has 0 unspecified atom stereocenters. The maximum absolute atomic E-state index is 11.9. The quantitative estimate of drug-likeness (QED) is 0.491. The van der Waals surface area contributed by atoms with Crippen LogP contribution in [0.3, 0.4) is 0 Å². The number of nitrogens with zero attached hydrogens (tertiary/aromatic N) is 1. The van der Waals surface area contributed by atoms with Crippen molar-refractivity contribution in [2.75, 3.05) is 21.3 Å². The van der Waals surface area contributed by atoms with E-state index in [-0.39, 0.29) is 5.78 Å². The van der Waals surface area contributed by atoms with Gasteiger partial charge in [-0.05, 0) is 24.3 Å². The van der Waals surface area contributed by atoms with E-state index in [1.807, 2.05) is 24.3 Å². The van der Waals surface area contributed by atoms with Gasteiger partial charge >= 0.3 is 0 Å². The molecule has 1 aromatic heterocycles. The van der Waals surface area contributed by atoms with Gasteiger partial charge < -0.3 is 14.2 Å². The third-order valence-corrected chi connectivity index (χ3v) is 4.13. The monoisotopic (exact) mass is 349 g/mol. The minimum Gasteiger partial charge on any atom is -0.494 e. The lowest BCUT2D eigenvalue weighted by molar-refractivity contribution is 0.104. The van der Waals surface area contributed by atoms with Crippen molar-refractivity contribution in [3.05, 3.63) is 60.7 Å². The lowest BCUT2D eigenvalue weighted by atomic mass is 10.0. The number of carbonyl (C=O) groups is 1. The second kappa shape index (κ2) is 7.27. The fourth-order valence-electron chi connectivity index (χ4n) is 2.84. The summed E-state index contributed by atoms with van der Waals surface area (Å²) in [7, 11) is 4.74. The summed E-state index contributed by atoms with van der Waals surface area (Å²) in [4.78, 5) is 16.6. The van der Waals surface area contributed by atoms with Crippen LogP contribution in [0.15, 0.2) is 55.1 Å². The lowest BCUT2D eigenvalue weighted by Gasteiger charge is -2.14. The van der Waals surface area contributed by atoms with E-state index in [1.54, 1.807) is 39.5 Å². The molecule has 0 N–H and O–H groups in total. The second-order valence-electron chi connectivity index (χ2n) is 5.56. The fraction of sp³-hybridized carbons (Fsp3) is 0.143. The van der Waals surface area contributed by atoms with Crippen LogP contribution in [0.4, 0.5) is 0 Å². The highest BCUT2D eigenvalue weighted by atomic mass is 16.5. The van der Waals surface area contributed by atoms with Gasteiger partial charge in [-0.1, -0.05) is 24.8 Å². The Labute approximate surface area is 151 Å². The van der Waals surface area contributed by atoms with Gasteiger partial charge in [0.1, 0.15) is 11.3 Å². The Balaban J connectivity index is 2.21. The number of allylic oxidation sites excluding steroid dienone is 1. The number of ketones is 1. The maximum atomic E-state index is 11.9. The molecule has 3 rings (SSSR count). The van der Waals surface area contributed by atoms with E-state index in [4.69, 9.17) is 19.2 Å². The molecule has 0 bridgehead atoms. The lowest BCUT2D eigenvalue weighted by Crippen LogP contribution is -1.97. The Morgan fingerprint density at radius 3 is 2.42 bits per heavy atom. The van der Waals surface area contributed by atoms with Crippen LogP contribution in [-0.4, -0.2) is 32.1 Å². The first-order valence-electron chi connectivity index (χ1n) is 7.99. The van der Waals surface area contributed by atoms with Crippen LogP contribution in [-0.2, 0) is 0 Å². The summed E-state index contributed by atoms with van der Waals surface area (Å²) in [5.74, 6) is 1.62. The number of carbonyl (C=O) groups excluding carboxylic acids is 1. The highest BCUT2D eigenvalue weighted by Crippen LogP contribution is 2.41. The van der Waals surface area contributed by atoms with E-state index < -0.39 is 0 Å². The number of ether oxygens (including phenoxy) is 3. The first-order valence-corrected chi connectivity index (χ1v) is 7.99. The van der Waals surface area contributed by atoms with Crippen molar-refractivity contribution in [2.45, 2.75) is 0 Å². The van der Waals surface area contributed by atoms with Gasteiger partial charge in [-0.25, -0.2) is 4.98 Å². The van der Waals surface area contributed by atoms with Crippen LogP contribution in [0.25, 0.3) is 22.2 Å². The van der Waals surface area contributed by atoms with Gasteiger partial charge in [-0.3, -0.25) is 4.79 Å². The Kier molecular flexibility index (Phi) is 4.89. The SMILES string of the molecule is C=CC(=O)c1cccc(-c2ccc3c(OC)c(OC)cc(OC)c3n2)c1. The van der Waals surface area contributed by atoms with Gasteiger partial charge in [0.15, 0.2) is 17.3 Å². The minimum absolute atomic E-state index is 0.128. The van der Waals surface area contributed by atoms with Gasteiger partial charge in [0.05, 0.1) is 27.0 Å². The van der Waals surface area contributed by atoms with Crippen LogP contribution < -0.4 is 14.2 Å². The third-order valence-electron chi connectivity index (χ3n) is 4.13. The molecule has 132 valence electrons. The zero-order valence-electron chi connectivity index (χ0n) is 14.9. The molecule has 3 aromatic rings. The number of pyridine rings is 1. The van der Waals surface area contributed by atoms with Crippen molar-refractivity contribution in [3.8, 4) is 28.5 Å². The number of benzene rings is 2. The zero-order valence-corrected chi connectivity index (χ0v) is 14.9. The molecule has 26 heavy (non-hydrogen) atoms. The van der Waals surface area contributed by atoms with Gasteiger partial charge in [-0.15, -0.1) is 0 Å². The molecule has 2 aromatic carbocycles. The fourth-order valence-corrected chi connectivity index (χ4v) is 2.84. The average molecular weight is 349 g/mol. The van der Waals surface area contributed by atoms with Crippen molar-refractivity contribution in [3.63, 3.8) is 0 Å². The Morgan fingerprint density at radius 1 is 1.00 bits per heavy atom. The summed E-state index contributed by atoms with van der Waals surface area (Å²) < 4.78 is 16.3. The Hall–Kier alpha value is -3.34. The third kappa shape index (κ3) is 2.99. The largest absolute Gasteiger partial charge is 0.494 e. The second-order valence-corrected chi connectivity index (χ2v) is 5.56. The predicted molar refractivity (Wildman–Crippen MR) is 101 cm³/mol. The molecule has 0 radical (unpaired) electrons. The molecule has 0 amide bonds. The minimum atomic E-state index is -0.128. The first kappa shape index (κ1) is 17.5. The van der Waals surface area contributed by atoms with Crippen molar-refractivity contribution in [1.29, 1.82) is 0 Å². The summed E-state index contributed by atoms with van der Waals surface area (Å²) >= 11 is 0. The molecule has 1 heterocycles. The number of hydrogen-bond donors (Lipinski definition) is 0. The maximum Gasteiger partial charge on any atom is 0.185 e. The molecular weight excluding hydrogens is 330 g/mol. The van der Waals surface area contributed by atoms with Gasteiger partial charge in [0.25, 0.3) is 0 Å². The van der Waals surface area contributed by atoms with Crippen molar-refractivity contribution >= 4 is 16.7 Å². The van der Waals surface area contributed by atoms with Crippen molar-refractivity contribution < 1.29 is 19.0 Å². The molecule has 0 spiro atoms. The summed E-state index contributed by atoms with van der Waals surface area (Å²) in [6.45, 7) is 3.53. The van der Waals surface area contributed by atoms with E-state index in [1.165, 1.54) is 6.08 Å². The molecule has 0 aliphatic heterocycles. The molecule has 0 saturated heterocycles. The Morgan fingerprint density at radius 2 is 1.77 bits per heavy atom. The van der Waals surface area contributed by atoms with Crippen molar-refractivity contribution in [2.24, 2.45) is 0 Å². The normalized spacial score (nSPS) is 10.4. The van der Waals surface area contributed by atoms with Gasteiger partial charge in [-0.2, -0.15) is 0 Å². The Bertz CT molecular complexity index is 995. The molecule has 0 aliphatic carbocycles. The van der Waals surface area contributed by atoms with Gasteiger partial charge in [0, 0.05) is 22.6 Å². The van der Waals surface area contributed by atoms with E-state index >= 15 is 0 Å². The number of fused-ring (bicyclic) bond motifs is 1. The number of rotatable bonds is 6. The van der Waals surface area contributed by atoms with Crippen LogP contribution in [0.2, 0.25) is 0 Å². The molecule has 0 saturated carbocycles. The predicted octanol–water partition coefficient (Wildman–Crippen LogP) is 4.30. The summed E-state index contributed by atoms with van der Waals surface area (Å²) in [5.41, 5.74) is 2.78. The highest BCUT2D eigenvalue weighted by Gasteiger charge is 2.16. The zero-order chi connectivity index (χ0) is 18.7. The van der Waals surface area contributed by atoms with Crippen LogP contribution in [0.1, 0.15) is 10.4 Å². The highest BCUT2D eigenvalue weighted by molar-refractivity contribution is 6.05. The first-order chi connectivity index (χ1) is 12.6. The van der Waals surface area contributed by atoms with Crippen LogP contribution >= 0.6 is 0 Å². The smallest absolute Gasteiger partial charge is 0.185 e. The van der Waals surface area contributed by atoms with E-state index in [9.17, 15) is 4.79 Å². The molecule has 0 fully saturated rings. The number of methoxy groups -OCH3 is 3. The molecule has 0 atom stereocenters. The summed E-state index contributed by atoms with van der Waals surface area (Å²) in [6, 6.07) is 12.8. The summed E-state index contributed by atoms with van der Waals surface area (Å²) in [6.07, 6.45) is 1.30. The molecule has 0 aliphatic rings.